The lowest BCUT2D eigenvalue weighted by atomic mass is 10.1. The average Bonchev–Trinajstić information content (AvgIpc) is 2.98. The second-order valence-electron chi connectivity index (χ2n) is 6.71. The number of rotatable bonds is 4. The number of methoxy groups -OCH3 is 1. The number of imidazole rings is 1. The molecule has 0 amide bonds. The molecule has 0 bridgehead atoms. The van der Waals surface area contributed by atoms with Gasteiger partial charge in [0.1, 0.15) is 5.75 Å². The number of ether oxygens (including phenoxy) is 1. The summed E-state index contributed by atoms with van der Waals surface area (Å²) in [7, 11) is 1.68. The number of fused-ring (bicyclic) bond motifs is 1. The number of anilines is 2. The van der Waals surface area contributed by atoms with Crippen molar-refractivity contribution in [1.29, 1.82) is 0 Å². The van der Waals surface area contributed by atoms with Gasteiger partial charge in [-0.3, -0.25) is 0 Å². The van der Waals surface area contributed by atoms with Crippen molar-refractivity contribution in [1.82, 2.24) is 14.6 Å². The molecule has 4 rings (SSSR count). The Morgan fingerprint density at radius 2 is 1.81 bits per heavy atom. The van der Waals surface area contributed by atoms with Gasteiger partial charge in [-0.05, 0) is 50.6 Å². The van der Waals surface area contributed by atoms with E-state index in [4.69, 9.17) is 9.84 Å². The van der Waals surface area contributed by atoms with Gasteiger partial charge in [-0.1, -0.05) is 29.8 Å². The predicted molar refractivity (Wildman–Crippen MR) is 109 cm³/mol. The lowest BCUT2D eigenvalue weighted by molar-refractivity contribution is 0.412. The second-order valence-corrected chi connectivity index (χ2v) is 6.71. The molecule has 0 atom stereocenters. The van der Waals surface area contributed by atoms with Crippen LogP contribution in [0.4, 0.5) is 11.5 Å². The first kappa shape index (κ1) is 17.1. The molecule has 0 radical (unpaired) electrons. The van der Waals surface area contributed by atoms with E-state index in [1.165, 1.54) is 5.56 Å². The summed E-state index contributed by atoms with van der Waals surface area (Å²) in [6.45, 7) is 6.13. The maximum Gasteiger partial charge on any atom is 0.154 e. The molecule has 0 fully saturated rings. The first-order valence-electron chi connectivity index (χ1n) is 8.90. The van der Waals surface area contributed by atoms with E-state index < -0.39 is 0 Å². The summed E-state index contributed by atoms with van der Waals surface area (Å²) in [4.78, 5) is 4.66. The van der Waals surface area contributed by atoms with Crippen LogP contribution in [0.15, 0.2) is 54.6 Å². The van der Waals surface area contributed by atoms with Crippen LogP contribution in [0.1, 0.15) is 16.8 Å². The minimum absolute atomic E-state index is 0.750. The normalized spacial score (nSPS) is 11.0. The summed E-state index contributed by atoms with van der Waals surface area (Å²) in [6, 6.07) is 18.3. The molecule has 0 saturated carbocycles. The molecule has 5 nitrogen and oxygen atoms in total. The van der Waals surface area contributed by atoms with Gasteiger partial charge < -0.3 is 10.1 Å². The van der Waals surface area contributed by atoms with Crippen molar-refractivity contribution in [2.45, 2.75) is 20.8 Å². The van der Waals surface area contributed by atoms with Crippen LogP contribution in [0.5, 0.6) is 5.75 Å². The smallest absolute Gasteiger partial charge is 0.154 e. The Bertz CT molecular complexity index is 1130. The Labute approximate surface area is 158 Å². The third kappa shape index (κ3) is 3.24. The third-order valence-electron chi connectivity index (χ3n) is 4.62. The van der Waals surface area contributed by atoms with Crippen LogP contribution >= 0.6 is 0 Å². The Kier molecular flexibility index (Phi) is 4.28. The number of hydrogen-bond acceptors (Lipinski definition) is 4. The molecular weight excluding hydrogens is 336 g/mol. The molecule has 5 heteroatoms. The van der Waals surface area contributed by atoms with Gasteiger partial charge in [-0.2, -0.15) is 0 Å². The minimum atomic E-state index is 0.750. The van der Waals surface area contributed by atoms with Gasteiger partial charge in [0.2, 0.25) is 0 Å². The van der Waals surface area contributed by atoms with Crippen molar-refractivity contribution in [3.63, 3.8) is 0 Å². The lowest BCUT2D eigenvalue weighted by Gasteiger charge is -2.10. The summed E-state index contributed by atoms with van der Waals surface area (Å²) in [5.41, 5.74) is 7.15. The van der Waals surface area contributed by atoms with E-state index in [2.05, 4.69) is 41.5 Å². The van der Waals surface area contributed by atoms with E-state index in [0.29, 0.717) is 0 Å². The van der Waals surface area contributed by atoms with Crippen LogP contribution in [0.2, 0.25) is 0 Å². The average molecular weight is 358 g/mol. The molecular formula is C22H22N4O. The van der Waals surface area contributed by atoms with Gasteiger partial charge in [-0.25, -0.2) is 9.50 Å². The molecule has 4 aromatic rings. The summed E-state index contributed by atoms with van der Waals surface area (Å²) >= 11 is 0. The molecule has 1 N–H and O–H groups in total. The van der Waals surface area contributed by atoms with E-state index in [0.717, 1.165) is 45.4 Å². The fourth-order valence-electron chi connectivity index (χ4n) is 3.28. The minimum Gasteiger partial charge on any atom is -0.496 e. The number of hydrogen-bond donors (Lipinski definition) is 1. The Hall–Kier alpha value is -3.34. The molecule has 136 valence electrons. The summed E-state index contributed by atoms with van der Waals surface area (Å²) in [5.74, 6) is 1.60. The fourth-order valence-corrected chi connectivity index (χ4v) is 3.28. The van der Waals surface area contributed by atoms with E-state index in [-0.39, 0.29) is 0 Å². The molecule has 2 heterocycles. The SMILES string of the molecule is COc1cc(Nc2ccc3nc(C)c(-c4cccc(C)c4)n3n2)ccc1C. The highest BCUT2D eigenvalue weighted by Gasteiger charge is 2.13. The molecule has 0 unspecified atom stereocenters. The van der Waals surface area contributed by atoms with E-state index >= 15 is 0 Å². The van der Waals surface area contributed by atoms with E-state index in [9.17, 15) is 0 Å². The Morgan fingerprint density at radius 3 is 2.59 bits per heavy atom. The molecule has 2 aromatic heterocycles. The molecule has 2 aromatic carbocycles. The largest absolute Gasteiger partial charge is 0.496 e. The molecule has 27 heavy (non-hydrogen) atoms. The van der Waals surface area contributed by atoms with Gasteiger partial charge in [0.25, 0.3) is 0 Å². The van der Waals surface area contributed by atoms with Crippen molar-refractivity contribution in [3.8, 4) is 17.0 Å². The van der Waals surface area contributed by atoms with Gasteiger partial charge >= 0.3 is 0 Å². The lowest BCUT2D eigenvalue weighted by Crippen LogP contribution is -2.01. The monoisotopic (exact) mass is 358 g/mol. The molecule has 0 aliphatic carbocycles. The van der Waals surface area contributed by atoms with Crippen LogP contribution in [0, 0.1) is 20.8 Å². The van der Waals surface area contributed by atoms with E-state index in [1.807, 2.05) is 48.7 Å². The zero-order chi connectivity index (χ0) is 19.0. The standard InChI is InChI=1S/C22H22N4O/c1-14-6-5-7-17(12-14)22-16(3)23-21-11-10-20(25-26(21)22)24-18-9-8-15(2)19(13-18)27-4/h5-13H,1-4H3,(H,24,25). The predicted octanol–water partition coefficient (Wildman–Crippen LogP) is 5.07. The molecule has 0 spiro atoms. The first-order valence-corrected chi connectivity index (χ1v) is 8.90. The quantitative estimate of drug-likeness (QED) is 0.553. The van der Waals surface area contributed by atoms with Crippen LogP contribution in [-0.4, -0.2) is 21.7 Å². The van der Waals surface area contributed by atoms with Crippen molar-refractivity contribution >= 4 is 17.2 Å². The fraction of sp³-hybridized carbons (Fsp3) is 0.182. The zero-order valence-corrected chi connectivity index (χ0v) is 15.9. The maximum absolute atomic E-state index is 5.41. The van der Waals surface area contributed by atoms with E-state index in [1.54, 1.807) is 7.11 Å². The highest BCUT2D eigenvalue weighted by atomic mass is 16.5. The van der Waals surface area contributed by atoms with Crippen molar-refractivity contribution in [2.75, 3.05) is 12.4 Å². The number of benzene rings is 2. The first-order chi connectivity index (χ1) is 13.0. The summed E-state index contributed by atoms with van der Waals surface area (Å²) < 4.78 is 7.31. The van der Waals surface area contributed by atoms with Gasteiger partial charge in [-0.15, -0.1) is 5.10 Å². The Balaban J connectivity index is 1.77. The summed E-state index contributed by atoms with van der Waals surface area (Å²) in [6.07, 6.45) is 0. The zero-order valence-electron chi connectivity index (χ0n) is 15.9. The van der Waals surface area contributed by atoms with Gasteiger partial charge in [0.05, 0.1) is 18.5 Å². The molecule has 0 aliphatic rings. The Morgan fingerprint density at radius 1 is 0.963 bits per heavy atom. The number of aromatic nitrogens is 3. The second kappa shape index (κ2) is 6.76. The topological polar surface area (TPSA) is 51.5 Å². The highest BCUT2D eigenvalue weighted by Crippen LogP contribution is 2.27. The van der Waals surface area contributed by atoms with Crippen molar-refractivity contribution in [3.05, 3.63) is 71.4 Å². The third-order valence-corrected chi connectivity index (χ3v) is 4.62. The van der Waals surface area contributed by atoms with Crippen molar-refractivity contribution < 1.29 is 4.74 Å². The van der Waals surface area contributed by atoms with Crippen molar-refractivity contribution in [2.24, 2.45) is 0 Å². The molecule has 0 saturated heterocycles. The summed E-state index contributed by atoms with van der Waals surface area (Å²) in [5, 5.41) is 8.14. The van der Waals surface area contributed by atoms with Gasteiger partial charge in [0.15, 0.2) is 11.5 Å². The number of nitrogens with one attached hydrogen (secondary N) is 1. The van der Waals surface area contributed by atoms with Gasteiger partial charge in [0, 0.05) is 17.3 Å². The maximum atomic E-state index is 5.41. The van der Waals surface area contributed by atoms with Crippen LogP contribution in [-0.2, 0) is 0 Å². The highest BCUT2D eigenvalue weighted by molar-refractivity contribution is 5.68. The van der Waals surface area contributed by atoms with Crippen LogP contribution in [0.25, 0.3) is 16.9 Å². The number of aryl methyl sites for hydroxylation is 3. The number of nitrogens with zero attached hydrogens (tertiary/aromatic N) is 3. The van der Waals surface area contributed by atoms with Crippen LogP contribution in [0.3, 0.4) is 0 Å². The molecule has 0 aliphatic heterocycles. The van der Waals surface area contributed by atoms with Crippen LogP contribution < -0.4 is 10.1 Å².